The van der Waals surface area contributed by atoms with Crippen LogP contribution in [-0.2, 0) is 16.2 Å². The van der Waals surface area contributed by atoms with Gasteiger partial charge in [0.25, 0.3) is 0 Å². The topological polar surface area (TPSA) is 3.24 Å². The van der Waals surface area contributed by atoms with Crippen LogP contribution in [0.4, 0.5) is 17.1 Å². The molecule has 0 atom stereocenters. The van der Waals surface area contributed by atoms with Gasteiger partial charge in [-0.05, 0) is 162 Å². The van der Waals surface area contributed by atoms with Gasteiger partial charge in [0.05, 0.1) is 16.8 Å². The number of hydrogen-bond donors (Lipinski definition) is 0. The molecule has 0 aliphatic heterocycles. The average molecular weight is 896 g/mol. The standard InChI is InChI=1S/C69H53N/c1-67(2)57-27-10-8-24-55(57)66-61(67)30-16-32-64(66)70(63-31-13-9-23-53(63)54-26-15-20-46-19-14-25-49(65(46)54)45-17-4-3-5-18-45)48-34-35-52-56-41-47(68-39-37-44(43-68)38-40-68)33-36-60(56)69(62(52)42-48)58-28-11-6-21-50(58)51-22-7-12-29-59(51)69/h3-36,41-42,44H,37-40,43H2,1-2H3. The highest BCUT2D eigenvalue weighted by Crippen LogP contribution is 2.65. The molecule has 0 N–H and O–H groups in total. The van der Waals surface area contributed by atoms with Crippen molar-refractivity contribution in [2.45, 2.75) is 62.2 Å². The van der Waals surface area contributed by atoms with Crippen molar-refractivity contribution in [2.24, 2.45) is 5.92 Å². The SMILES string of the molecule is CC1(C)c2ccccc2-c2c(N(c3ccc4c(c3)C3(c5ccccc5-c5ccccc53)c3ccc(C56CCC(CC5)C6)cc3-4)c3ccccc3-c3cccc4cccc(-c5ccccc5)c34)cccc21. The molecule has 0 saturated heterocycles. The molecule has 0 heterocycles. The Hall–Kier alpha value is -7.74. The van der Waals surface area contributed by atoms with Crippen LogP contribution in [0, 0.1) is 5.92 Å². The number of anilines is 3. The molecule has 70 heavy (non-hydrogen) atoms. The zero-order valence-corrected chi connectivity index (χ0v) is 39.8. The minimum absolute atomic E-state index is 0.163. The molecular formula is C69H53N. The van der Waals surface area contributed by atoms with Crippen LogP contribution in [-0.4, -0.2) is 0 Å². The maximum absolute atomic E-state index is 2.65. The molecule has 1 spiro atoms. The van der Waals surface area contributed by atoms with E-state index in [1.807, 2.05) is 0 Å². The summed E-state index contributed by atoms with van der Waals surface area (Å²) in [5.74, 6) is 0.882. The van der Waals surface area contributed by atoms with E-state index in [4.69, 9.17) is 0 Å². The van der Waals surface area contributed by atoms with Crippen molar-refractivity contribution >= 4 is 27.8 Å². The van der Waals surface area contributed by atoms with Crippen molar-refractivity contribution in [3.8, 4) is 55.6 Å². The fourth-order valence-corrected chi connectivity index (χ4v) is 14.8. The summed E-state index contributed by atoms with van der Waals surface area (Å²) in [5, 5.41) is 2.50. The third kappa shape index (κ3) is 5.33. The van der Waals surface area contributed by atoms with Crippen LogP contribution in [0.1, 0.15) is 84.9 Å². The first-order valence-electron chi connectivity index (χ1n) is 25.6. The Morgan fingerprint density at radius 2 is 0.971 bits per heavy atom. The predicted molar refractivity (Wildman–Crippen MR) is 292 cm³/mol. The lowest BCUT2D eigenvalue weighted by Gasteiger charge is -2.34. The van der Waals surface area contributed by atoms with Crippen molar-refractivity contribution < 1.29 is 0 Å². The summed E-state index contributed by atoms with van der Waals surface area (Å²) < 4.78 is 0. The van der Waals surface area contributed by atoms with Gasteiger partial charge in [0.1, 0.15) is 0 Å². The van der Waals surface area contributed by atoms with Crippen LogP contribution in [0.2, 0.25) is 0 Å². The molecule has 0 aromatic heterocycles. The molecule has 334 valence electrons. The Labute approximate surface area is 411 Å². The summed E-state index contributed by atoms with van der Waals surface area (Å²) in [6.07, 6.45) is 6.72. The lowest BCUT2D eigenvalue weighted by molar-refractivity contribution is 0.419. The Morgan fingerprint density at radius 3 is 1.70 bits per heavy atom. The minimum atomic E-state index is -0.476. The molecule has 2 fully saturated rings. The van der Waals surface area contributed by atoms with Gasteiger partial charge in [-0.3, -0.25) is 0 Å². The van der Waals surface area contributed by atoms with E-state index in [1.54, 1.807) is 5.56 Å². The van der Waals surface area contributed by atoms with E-state index in [-0.39, 0.29) is 5.41 Å². The fourth-order valence-electron chi connectivity index (χ4n) is 14.8. The Balaban J connectivity index is 1.03. The fraction of sp³-hybridized carbons (Fsp3) is 0.159. The van der Waals surface area contributed by atoms with E-state index in [9.17, 15) is 0 Å². The van der Waals surface area contributed by atoms with Crippen molar-refractivity contribution in [1.82, 2.24) is 0 Å². The van der Waals surface area contributed by atoms with E-state index in [1.165, 1.54) is 138 Å². The Kier molecular flexibility index (Phi) is 8.40. The second kappa shape index (κ2) is 14.6. The highest BCUT2D eigenvalue weighted by Gasteiger charge is 2.53. The second-order valence-electron chi connectivity index (χ2n) is 21.6. The smallest absolute Gasteiger partial charge is 0.0726 e. The van der Waals surface area contributed by atoms with Gasteiger partial charge < -0.3 is 4.90 Å². The molecule has 5 aliphatic rings. The third-order valence-corrected chi connectivity index (χ3v) is 17.9. The van der Waals surface area contributed by atoms with Gasteiger partial charge in [0, 0.05) is 22.2 Å². The average Bonchev–Trinajstić information content (AvgIpc) is 4.22. The van der Waals surface area contributed by atoms with Gasteiger partial charge in [-0.15, -0.1) is 0 Å². The third-order valence-electron chi connectivity index (χ3n) is 17.9. The van der Waals surface area contributed by atoms with Crippen molar-refractivity contribution in [3.05, 3.63) is 257 Å². The lowest BCUT2D eigenvalue weighted by atomic mass is 9.70. The summed E-state index contributed by atoms with van der Waals surface area (Å²) in [6, 6.07) is 83.7. The molecule has 2 bridgehead atoms. The number of fused-ring (bicyclic) bond motifs is 16. The monoisotopic (exact) mass is 895 g/mol. The van der Waals surface area contributed by atoms with Crippen LogP contribution in [0.3, 0.4) is 0 Å². The molecule has 1 heteroatoms. The number of rotatable bonds is 6. The summed E-state index contributed by atoms with van der Waals surface area (Å²) in [4.78, 5) is 2.63. The van der Waals surface area contributed by atoms with E-state index < -0.39 is 5.41 Å². The van der Waals surface area contributed by atoms with E-state index in [0.717, 1.165) is 17.3 Å². The van der Waals surface area contributed by atoms with Gasteiger partial charge in [-0.2, -0.15) is 0 Å². The van der Waals surface area contributed by atoms with E-state index >= 15 is 0 Å². The largest absolute Gasteiger partial charge is 0.309 e. The second-order valence-corrected chi connectivity index (χ2v) is 21.6. The van der Waals surface area contributed by atoms with Crippen molar-refractivity contribution in [1.29, 1.82) is 0 Å². The number of nitrogens with zero attached hydrogens (tertiary/aromatic N) is 1. The van der Waals surface area contributed by atoms with Crippen molar-refractivity contribution in [3.63, 3.8) is 0 Å². The molecule has 10 aromatic rings. The van der Waals surface area contributed by atoms with Gasteiger partial charge in [-0.25, -0.2) is 0 Å². The molecule has 5 aliphatic carbocycles. The highest BCUT2D eigenvalue weighted by atomic mass is 15.1. The molecule has 0 radical (unpaired) electrons. The molecule has 0 unspecified atom stereocenters. The maximum Gasteiger partial charge on any atom is 0.0726 e. The molecule has 2 saturated carbocycles. The molecule has 0 amide bonds. The van der Waals surface area contributed by atoms with Gasteiger partial charge in [-0.1, -0.05) is 208 Å². The Bertz CT molecular complexity index is 3750. The van der Waals surface area contributed by atoms with Crippen LogP contribution in [0.25, 0.3) is 66.4 Å². The molecule has 15 rings (SSSR count). The lowest BCUT2D eigenvalue weighted by Crippen LogP contribution is -2.26. The van der Waals surface area contributed by atoms with Gasteiger partial charge in [0.15, 0.2) is 0 Å². The predicted octanol–water partition coefficient (Wildman–Crippen LogP) is 18.1. The molecular weight excluding hydrogens is 843 g/mol. The summed E-state index contributed by atoms with van der Waals surface area (Å²) >= 11 is 0. The normalized spacial score (nSPS) is 18.9. The minimum Gasteiger partial charge on any atom is -0.309 e. The van der Waals surface area contributed by atoms with Crippen LogP contribution in [0.15, 0.2) is 218 Å². The van der Waals surface area contributed by atoms with Gasteiger partial charge in [0.2, 0.25) is 0 Å². The number of para-hydroxylation sites is 1. The Morgan fingerprint density at radius 1 is 0.400 bits per heavy atom. The zero-order valence-electron chi connectivity index (χ0n) is 39.8. The summed E-state index contributed by atoms with van der Waals surface area (Å²) in [5.41, 5.74) is 26.0. The van der Waals surface area contributed by atoms with Crippen molar-refractivity contribution in [2.75, 3.05) is 4.90 Å². The first-order chi connectivity index (χ1) is 34.4. The maximum atomic E-state index is 2.65. The van der Waals surface area contributed by atoms with Crippen LogP contribution < -0.4 is 4.90 Å². The highest BCUT2D eigenvalue weighted by molar-refractivity contribution is 6.10. The first-order valence-corrected chi connectivity index (χ1v) is 25.6. The zero-order chi connectivity index (χ0) is 46.3. The number of hydrogen-bond acceptors (Lipinski definition) is 1. The summed E-state index contributed by atoms with van der Waals surface area (Å²) in [6.45, 7) is 4.80. The molecule has 10 aromatic carbocycles. The first kappa shape index (κ1) is 40.2. The number of benzene rings is 10. The van der Waals surface area contributed by atoms with Crippen LogP contribution in [0.5, 0.6) is 0 Å². The quantitative estimate of drug-likeness (QED) is 0.161. The van der Waals surface area contributed by atoms with Gasteiger partial charge >= 0.3 is 0 Å². The van der Waals surface area contributed by atoms with E-state index in [0.29, 0.717) is 5.41 Å². The summed E-state index contributed by atoms with van der Waals surface area (Å²) in [7, 11) is 0. The molecule has 1 nitrogen and oxygen atoms in total. The van der Waals surface area contributed by atoms with E-state index in [2.05, 4.69) is 237 Å². The van der Waals surface area contributed by atoms with Crippen LogP contribution >= 0.6 is 0 Å².